The van der Waals surface area contributed by atoms with Crippen molar-refractivity contribution < 1.29 is 14.3 Å². The smallest absolute Gasteiger partial charge is 0.176 e. The molecule has 0 unspecified atom stereocenters. The summed E-state index contributed by atoms with van der Waals surface area (Å²) < 4.78 is 10.4. The number of Topliss-reactive ketones (excluding diaryl/α,β-unsaturated/α-hetero) is 1. The zero-order valence-corrected chi connectivity index (χ0v) is 15.9. The van der Waals surface area contributed by atoms with E-state index in [1.807, 2.05) is 13.8 Å². The molecule has 0 atom stereocenters. The highest BCUT2D eigenvalue weighted by molar-refractivity contribution is 7.99. The Labute approximate surface area is 149 Å². The van der Waals surface area contributed by atoms with Gasteiger partial charge >= 0.3 is 0 Å². The average Bonchev–Trinajstić information content (AvgIpc) is 2.64. The first-order valence-corrected chi connectivity index (χ1v) is 9.18. The van der Waals surface area contributed by atoms with Gasteiger partial charge < -0.3 is 9.47 Å². The van der Waals surface area contributed by atoms with Gasteiger partial charge in [-0.25, -0.2) is 0 Å². The molecule has 2 rings (SSSR count). The number of rotatable bonds is 7. The molecule has 4 heteroatoms. The van der Waals surface area contributed by atoms with Gasteiger partial charge in [-0.1, -0.05) is 43.7 Å². The van der Waals surface area contributed by atoms with Gasteiger partial charge in [0.1, 0.15) is 11.5 Å². The Bertz CT molecular complexity index is 636. The fourth-order valence-corrected chi connectivity index (χ4v) is 2.92. The van der Waals surface area contributed by atoms with Crippen molar-refractivity contribution >= 4 is 17.5 Å². The standard InChI is InChI=1S/C18H20O3S.C2H6/c1-13-4-6-14(7-5-13)11-22-12-17(19)16-9-8-15(20-2)10-18(16)21-3;1-2/h4-10H,11-12H2,1-3H3;1-2H3. The van der Waals surface area contributed by atoms with Crippen molar-refractivity contribution in [1.82, 2.24) is 0 Å². The number of thioether (sulfide) groups is 1. The molecule has 0 saturated carbocycles. The molecule has 0 N–H and O–H groups in total. The van der Waals surface area contributed by atoms with Crippen LogP contribution in [0.2, 0.25) is 0 Å². The molecular formula is C20H26O3S. The summed E-state index contributed by atoms with van der Waals surface area (Å²) in [6, 6.07) is 13.6. The SMILES string of the molecule is CC.COc1ccc(C(=O)CSCc2ccc(C)cc2)c(OC)c1. The van der Waals surface area contributed by atoms with Crippen LogP contribution in [0.5, 0.6) is 11.5 Å². The van der Waals surface area contributed by atoms with Gasteiger partial charge in [-0.15, -0.1) is 11.8 Å². The van der Waals surface area contributed by atoms with Crippen LogP contribution in [0.1, 0.15) is 35.3 Å². The quantitative estimate of drug-likeness (QED) is 0.649. The monoisotopic (exact) mass is 346 g/mol. The third-order valence-corrected chi connectivity index (χ3v) is 4.34. The zero-order valence-electron chi connectivity index (χ0n) is 15.1. The summed E-state index contributed by atoms with van der Waals surface area (Å²) in [6.07, 6.45) is 0. The molecule has 2 aromatic rings. The normalized spacial score (nSPS) is 9.71. The van der Waals surface area contributed by atoms with Crippen LogP contribution < -0.4 is 9.47 Å². The lowest BCUT2D eigenvalue weighted by molar-refractivity contribution is 0.101. The molecule has 0 aromatic heterocycles. The first kappa shape index (κ1) is 20.1. The lowest BCUT2D eigenvalue weighted by Gasteiger charge is -2.09. The van der Waals surface area contributed by atoms with Crippen LogP contribution in [0.4, 0.5) is 0 Å². The summed E-state index contributed by atoms with van der Waals surface area (Å²) >= 11 is 1.61. The highest BCUT2D eigenvalue weighted by Crippen LogP contribution is 2.26. The van der Waals surface area contributed by atoms with E-state index in [1.165, 1.54) is 11.1 Å². The molecule has 0 amide bonds. The van der Waals surface area contributed by atoms with Gasteiger partial charge in [-0.05, 0) is 24.6 Å². The number of carbonyl (C=O) groups excluding carboxylic acids is 1. The molecule has 0 fully saturated rings. The van der Waals surface area contributed by atoms with Crippen LogP contribution in [-0.2, 0) is 5.75 Å². The number of methoxy groups -OCH3 is 2. The third kappa shape index (κ3) is 5.93. The number of aryl methyl sites for hydroxylation is 1. The Morgan fingerprint density at radius 2 is 1.67 bits per heavy atom. The summed E-state index contributed by atoms with van der Waals surface area (Å²) in [5.41, 5.74) is 3.07. The van der Waals surface area contributed by atoms with E-state index in [1.54, 1.807) is 44.2 Å². The van der Waals surface area contributed by atoms with Crippen molar-refractivity contribution in [2.45, 2.75) is 26.5 Å². The first-order valence-electron chi connectivity index (χ1n) is 8.02. The van der Waals surface area contributed by atoms with Crippen LogP contribution >= 0.6 is 11.8 Å². The Kier molecular flexibility index (Phi) is 9.02. The van der Waals surface area contributed by atoms with Crippen LogP contribution in [-0.4, -0.2) is 25.8 Å². The van der Waals surface area contributed by atoms with E-state index in [4.69, 9.17) is 9.47 Å². The number of benzene rings is 2. The molecule has 0 saturated heterocycles. The fourth-order valence-electron chi connectivity index (χ4n) is 2.05. The third-order valence-electron chi connectivity index (χ3n) is 3.33. The predicted molar refractivity (Wildman–Crippen MR) is 103 cm³/mol. The van der Waals surface area contributed by atoms with E-state index in [9.17, 15) is 4.79 Å². The number of ketones is 1. The molecule has 2 aromatic carbocycles. The molecular weight excluding hydrogens is 320 g/mol. The zero-order chi connectivity index (χ0) is 17.9. The number of carbonyl (C=O) groups is 1. The van der Waals surface area contributed by atoms with Crippen LogP contribution in [0.15, 0.2) is 42.5 Å². The maximum atomic E-state index is 12.3. The minimum Gasteiger partial charge on any atom is -0.497 e. The highest BCUT2D eigenvalue weighted by atomic mass is 32.2. The fraction of sp³-hybridized carbons (Fsp3) is 0.350. The van der Waals surface area contributed by atoms with Gasteiger partial charge in [-0.3, -0.25) is 4.79 Å². The Morgan fingerprint density at radius 3 is 2.25 bits per heavy atom. The van der Waals surface area contributed by atoms with Crippen molar-refractivity contribution in [1.29, 1.82) is 0 Å². The van der Waals surface area contributed by atoms with Crippen molar-refractivity contribution in [2.24, 2.45) is 0 Å². The summed E-state index contributed by atoms with van der Waals surface area (Å²) in [5.74, 6) is 2.55. The van der Waals surface area contributed by atoms with E-state index >= 15 is 0 Å². The van der Waals surface area contributed by atoms with Gasteiger partial charge in [0, 0.05) is 11.8 Å². The van der Waals surface area contributed by atoms with Crippen LogP contribution in [0.25, 0.3) is 0 Å². The second-order valence-corrected chi connectivity index (χ2v) is 5.95. The molecule has 3 nitrogen and oxygen atoms in total. The number of hydrogen-bond acceptors (Lipinski definition) is 4. The van der Waals surface area contributed by atoms with Gasteiger partial charge in [0.25, 0.3) is 0 Å². The maximum Gasteiger partial charge on any atom is 0.176 e. The largest absolute Gasteiger partial charge is 0.497 e. The molecule has 0 heterocycles. The molecule has 0 aliphatic heterocycles. The molecule has 24 heavy (non-hydrogen) atoms. The van der Waals surface area contributed by atoms with Crippen molar-refractivity contribution in [3.8, 4) is 11.5 Å². The summed E-state index contributed by atoms with van der Waals surface area (Å²) in [6.45, 7) is 6.07. The first-order chi connectivity index (χ1) is 11.6. The molecule has 0 aliphatic rings. The number of hydrogen-bond donors (Lipinski definition) is 0. The van der Waals surface area contributed by atoms with Crippen molar-refractivity contribution in [3.63, 3.8) is 0 Å². The highest BCUT2D eigenvalue weighted by Gasteiger charge is 2.13. The van der Waals surface area contributed by atoms with E-state index in [2.05, 4.69) is 31.2 Å². The summed E-state index contributed by atoms with van der Waals surface area (Å²) in [7, 11) is 3.15. The van der Waals surface area contributed by atoms with Gasteiger partial charge in [0.05, 0.1) is 25.5 Å². The van der Waals surface area contributed by atoms with Crippen molar-refractivity contribution in [3.05, 3.63) is 59.2 Å². The second kappa shape index (κ2) is 10.8. The van der Waals surface area contributed by atoms with Gasteiger partial charge in [0.2, 0.25) is 0 Å². The van der Waals surface area contributed by atoms with Crippen molar-refractivity contribution in [2.75, 3.05) is 20.0 Å². The van der Waals surface area contributed by atoms with Crippen LogP contribution in [0.3, 0.4) is 0 Å². The second-order valence-electron chi connectivity index (χ2n) is 4.97. The number of ether oxygens (including phenoxy) is 2. The summed E-state index contributed by atoms with van der Waals surface area (Å²) in [4.78, 5) is 12.3. The molecule has 0 bridgehead atoms. The lowest BCUT2D eigenvalue weighted by Crippen LogP contribution is -2.05. The van der Waals surface area contributed by atoms with Gasteiger partial charge in [0.15, 0.2) is 5.78 Å². The summed E-state index contributed by atoms with van der Waals surface area (Å²) in [5, 5.41) is 0. The van der Waals surface area contributed by atoms with Crippen LogP contribution in [0, 0.1) is 6.92 Å². The van der Waals surface area contributed by atoms with E-state index < -0.39 is 0 Å². The molecule has 0 radical (unpaired) electrons. The minimum absolute atomic E-state index is 0.0663. The lowest BCUT2D eigenvalue weighted by atomic mass is 10.1. The average molecular weight is 346 g/mol. The molecule has 130 valence electrons. The Morgan fingerprint density at radius 1 is 1.00 bits per heavy atom. The van der Waals surface area contributed by atoms with E-state index in [0.29, 0.717) is 22.8 Å². The van der Waals surface area contributed by atoms with Gasteiger partial charge in [-0.2, -0.15) is 0 Å². The Hall–Kier alpha value is -1.94. The maximum absolute atomic E-state index is 12.3. The molecule has 0 aliphatic carbocycles. The van der Waals surface area contributed by atoms with E-state index in [-0.39, 0.29) is 5.78 Å². The van der Waals surface area contributed by atoms with E-state index in [0.717, 1.165) is 5.75 Å². The Balaban J connectivity index is 0.00000139. The minimum atomic E-state index is 0.0663. The topological polar surface area (TPSA) is 35.5 Å². The molecule has 0 spiro atoms. The predicted octanol–water partition coefficient (Wildman–Crippen LogP) is 5.15.